The van der Waals surface area contributed by atoms with E-state index in [9.17, 15) is 14.4 Å². The molecular formula is C20H35N7O5. The standard InChI is InChI=1S/C20H35N7O5/c1-20(2,3)32-19(30)26-14(15(22)28)8-7-11-23-16-13(17(29)31-4)12-25-18(27-16)24-10-6-5-9-21/h12,14H,5-11,21H2,1-4H3,(H2,22,28)(H,26,30)(H2,23,24,25,27)/t14-/m0/s1. The molecule has 0 saturated carbocycles. The number of rotatable bonds is 13. The first kappa shape index (κ1) is 26.9. The molecule has 0 fully saturated rings. The van der Waals surface area contributed by atoms with E-state index in [4.69, 9.17) is 20.9 Å². The number of nitrogens with one attached hydrogen (secondary N) is 3. The molecule has 0 aliphatic carbocycles. The number of anilines is 2. The molecule has 12 nitrogen and oxygen atoms in total. The molecule has 12 heteroatoms. The van der Waals surface area contributed by atoms with Gasteiger partial charge in [0.25, 0.3) is 0 Å². The second-order valence-electron chi connectivity index (χ2n) is 8.04. The lowest BCUT2D eigenvalue weighted by Crippen LogP contribution is -2.46. The fourth-order valence-electron chi connectivity index (χ4n) is 2.58. The van der Waals surface area contributed by atoms with Crippen LogP contribution in [-0.4, -0.2) is 66.3 Å². The maximum absolute atomic E-state index is 12.0. The van der Waals surface area contributed by atoms with E-state index in [1.165, 1.54) is 13.3 Å². The molecule has 0 aliphatic rings. The summed E-state index contributed by atoms with van der Waals surface area (Å²) < 4.78 is 9.93. The van der Waals surface area contributed by atoms with Gasteiger partial charge >= 0.3 is 12.1 Å². The molecule has 0 unspecified atom stereocenters. The fraction of sp³-hybridized carbons (Fsp3) is 0.650. The molecule has 1 rings (SSSR count). The molecule has 0 saturated heterocycles. The van der Waals surface area contributed by atoms with Crippen LogP contribution >= 0.6 is 0 Å². The van der Waals surface area contributed by atoms with Crippen molar-refractivity contribution in [2.45, 2.75) is 58.1 Å². The number of amides is 2. The quantitative estimate of drug-likeness (QED) is 0.213. The molecule has 7 N–H and O–H groups in total. The summed E-state index contributed by atoms with van der Waals surface area (Å²) in [5, 5.41) is 8.59. The summed E-state index contributed by atoms with van der Waals surface area (Å²) in [5.41, 5.74) is 10.4. The van der Waals surface area contributed by atoms with E-state index < -0.39 is 29.6 Å². The molecule has 0 aromatic carbocycles. The maximum atomic E-state index is 12.0. The zero-order valence-electron chi connectivity index (χ0n) is 19.2. The van der Waals surface area contributed by atoms with Crippen LogP contribution in [0.4, 0.5) is 16.6 Å². The summed E-state index contributed by atoms with van der Waals surface area (Å²) in [6.45, 7) is 6.76. The molecule has 32 heavy (non-hydrogen) atoms. The first-order chi connectivity index (χ1) is 15.1. The van der Waals surface area contributed by atoms with Crippen molar-refractivity contribution in [3.8, 4) is 0 Å². The van der Waals surface area contributed by atoms with E-state index in [1.807, 2.05) is 0 Å². The van der Waals surface area contributed by atoms with Crippen molar-refractivity contribution >= 4 is 29.7 Å². The molecule has 0 bridgehead atoms. The Morgan fingerprint density at radius 2 is 1.81 bits per heavy atom. The summed E-state index contributed by atoms with van der Waals surface area (Å²) in [4.78, 5) is 44.1. The third-order valence-electron chi connectivity index (χ3n) is 4.10. The number of nitrogens with zero attached hydrogens (tertiary/aromatic N) is 2. The SMILES string of the molecule is COC(=O)c1cnc(NCCCCN)nc1NCCC[C@H](NC(=O)OC(C)(C)C)C(N)=O. The fourth-order valence-corrected chi connectivity index (χ4v) is 2.58. The van der Waals surface area contributed by atoms with Gasteiger partial charge in [-0.15, -0.1) is 0 Å². The van der Waals surface area contributed by atoms with Crippen LogP contribution in [0.5, 0.6) is 0 Å². The molecule has 180 valence electrons. The average molecular weight is 454 g/mol. The minimum absolute atomic E-state index is 0.179. The van der Waals surface area contributed by atoms with Gasteiger partial charge in [0.2, 0.25) is 11.9 Å². The zero-order valence-corrected chi connectivity index (χ0v) is 19.2. The minimum atomic E-state index is -0.892. The van der Waals surface area contributed by atoms with Crippen molar-refractivity contribution in [1.29, 1.82) is 0 Å². The monoisotopic (exact) mass is 453 g/mol. The topological polar surface area (TPSA) is 184 Å². The van der Waals surface area contributed by atoms with Gasteiger partial charge < -0.3 is 36.9 Å². The third-order valence-corrected chi connectivity index (χ3v) is 4.10. The molecule has 0 aliphatic heterocycles. The lowest BCUT2D eigenvalue weighted by Gasteiger charge is -2.22. The molecule has 1 aromatic rings. The van der Waals surface area contributed by atoms with E-state index in [2.05, 4.69) is 25.9 Å². The number of esters is 1. The highest BCUT2D eigenvalue weighted by Gasteiger charge is 2.22. The van der Waals surface area contributed by atoms with Crippen LogP contribution in [0.25, 0.3) is 0 Å². The largest absolute Gasteiger partial charge is 0.465 e. The first-order valence-corrected chi connectivity index (χ1v) is 10.5. The number of methoxy groups -OCH3 is 1. The van der Waals surface area contributed by atoms with Crippen molar-refractivity contribution < 1.29 is 23.9 Å². The number of carbonyl (C=O) groups is 3. The van der Waals surface area contributed by atoms with Crippen molar-refractivity contribution in [1.82, 2.24) is 15.3 Å². The van der Waals surface area contributed by atoms with Crippen LogP contribution in [0.15, 0.2) is 6.20 Å². The van der Waals surface area contributed by atoms with Gasteiger partial charge in [-0.05, 0) is 53.0 Å². The highest BCUT2D eigenvalue weighted by atomic mass is 16.6. The Labute approximate surface area is 188 Å². The number of hydrogen-bond donors (Lipinski definition) is 5. The van der Waals surface area contributed by atoms with E-state index in [1.54, 1.807) is 20.8 Å². The highest BCUT2D eigenvalue weighted by Crippen LogP contribution is 2.16. The van der Waals surface area contributed by atoms with E-state index >= 15 is 0 Å². The van der Waals surface area contributed by atoms with Gasteiger partial charge in [0.05, 0.1) is 7.11 Å². The van der Waals surface area contributed by atoms with Crippen LogP contribution in [-0.2, 0) is 14.3 Å². The summed E-state index contributed by atoms with van der Waals surface area (Å²) in [6.07, 6.45) is 3.11. The number of ether oxygens (including phenoxy) is 2. The number of nitrogens with two attached hydrogens (primary N) is 2. The molecule has 1 aromatic heterocycles. The second-order valence-corrected chi connectivity index (χ2v) is 8.04. The minimum Gasteiger partial charge on any atom is -0.465 e. The number of hydrogen-bond acceptors (Lipinski definition) is 10. The predicted octanol–water partition coefficient (Wildman–Crippen LogP) is 0.985. The number of alkyl carbamates (subject to hydrolysis) is 1. The van der Waals surface area contributed by atoms with Gasteiger partial charge in [0.15, 0.2) is 0 Å². The lowest BCUT2D eigenvalue weighted by atomic mass is 10.1. The molecule has 1 atom stereocenters. The van der Waals surface area contributed by atoms with Crippen LogP contribution in [0.2, 0.25) is 0 Å². The van der Waals surface area contributed by atoms with Gasteiger partial charge in [0, 0.05) is 19.3 Å². The van der Waals surface area contributed by atoms with Gasteiger partial charge in [-0.3, -0.25) is 4.79 Å². The third kappa shape index (κ3) is 10.2. The van der Waals surface area contributed by atoms with Gasteiger partial charge in [-0.25, -0.2) is 14.6 Å². The molecule has 0 spiro atoms. The van der Waals surface area contributed by atoms with Crippen molar-refractivity contribution in [3.05, 3.63) is 11.8 Å². The van der Waals surface area contributed by atoms with Crippen LogP contribution in [0.3, 0.4) is 0 Å². The zero-order chi connectivity index (χ0) is 24.1. The number of unbranched alkanes of at least 4 members (excludes halogenated alkanes) is 1. The van der Waals surface area contributed by atoms with Crippen molar-refractivity contribution in [3.63, 3.8) is 0 Å². The Hall–Kier alpha value is -3.15. The lowest BCUT2D eigenvalue weighted by molar-refractivity contribution is -0.120. The molecule has 0 radical (unpaired) electrons. The second kappa shape index (κ2) is 13.3. The first-order valence-electron chi connectivity index (χ1n) is 10.5. The Morgan fingerprint density at radius 1 is 1.12 bits per heavy atom. The highest BCUT2D eigenvalue weighted by molar-refractivity contribution is 5.94. The number of primary amides is 1. The Balaban J connectivity index is 2.69. The number of carbonyl (C=O) groups excluding carboxylic acids is 3. The molecule has 2 amide bonds. The van der Waals surface area contributed by atoms with Gasteiger partial charge in [0.1, 0.15) is 23.0 Å². The van der Waals surface area contributed by atoms with E-state index in [0.29, 0.717) is 37.8 Å². The molecular weight excluding hydrogens is 418 g/mol. The Bertz CT molecular complexity index is 767. The van der Waals surface area contributed by atoms with Gasteiger partial charge in [-0.2, -0.15) is 4.98 Å². The Morgan fingerprint density at radius 3 is 2.41 bits per heavy atom. The summed E-state index contributed by atoms with van der Waals surface area (Å²) in [6, 6.07) is -0.892. The van der Waals surface area contributed by atoms with E-state index in [-0.39, 0.29) is 12.0 Å². The van der Waals surface area contributed by atoms with Gasteiger partial charge in [-0.1, -0.05) is 0 Å². The van der Waals surface area contributed by atoms with Crippen molar-refractivity contribution in [2.24, 2.45) is 11.5 Å². The Kier molecular flexibility index (Phi) is 11.2. The maximum Gasteiger partial charge on any atom is 0.408 e. The molecule has 1 heterocycles. The summed E-state index contributed by atoms with van der Waals surface area (Å²) in [5.74, 6) is -0.594. The summed E-state index contributed by atoms with van der Waals surface area (Å²) >= 11 is 0. The van der Waals surface area contributed by atoms with E-state index in [0.717, 1.165) is 12.8 Å². The number of aromatic nitrogens is 2. The smallest absolute Gasteiger partial charge is 0.408 e. The van der Waals surface area contributed by atoms with Crippen LogP contribution in [0, 0.1) is 0 Å². The van der Waals surface area contributed by atoms with Crippen LogP contribution in [0.1, 0.15) is 56.8 Å². The summed E-state index contributed by atoms with van der Waals surface area (Å²) in [7, 11) is 1.27. The normalized spacial score (nSPS) is 11.9. The van der Waals surface area contributed by atoms with Crippen LogP contribution < -0.4 is 27.4 Å². The predicted molar refractivity (Wildman–Crippen MR) is 120 cm³/mol. The van der Waals surface area contributed by atoms with Crippen molar-refractivity contribution in [2.75, 3.05) is 37.4 Å². The average Bonchev–Trinajstić information content (AvgIpc) is 2.71.